The average Bonchev–Trinajstić information content (AvgIpc) is 2.67. The molecule has 1 heterocycles. The van der Waals surface area contributed by atoms with E-state index in [1.807, 2.05) is 6.07 Å². The van der Waals surface area contributed by atoms with E-state index in [9.17, 15) is 13.6 Å². The monoisotopic (exact) mass is 337 g/mol. The van der Waals surface area contributed by atoms with Crippen LogP contribution in [0, 0.1) is 0 Å². The summed E-state index contributed by atoms with van der Waals surface area (Å²) in [7, 11) is 0. The molecule has 1 unspecified atom stereocenters. The lowest BCUT2D eigenvalue weighted by atomic mass is 9.84. The number of anilines is 1. The van der Waals surface area contributed by atoms with Crippen LogP contribution in [0.3, 0.4) is 0 Å². The summed E-state index contributed by atoms with van der Waals surface area (Å²) in [5.41, 5.74) is 2.71. The molecule has 6 heteroatoms. The van der Waals surface area contributed by atoms with Crippen molar-refractivity contribution in [3.63, 3.8) is 0 Å². The Morgan fingerprint density at radius 1 is 1.30 bits per heavy atom. The Kier molecular flexibility index (Phi) is 5.26. The smallest absolute Gasteiger partial charge is 0.303 e. The Hall–Kier alpha value is -1.66. The lowest BCUT2D eigenvalue weighted by Crippen LogP contribution is -2.26. The lowest BCUT2D eigenvalue weighted by molar-refractivity contribution is -0.137. The Balaban J connectivity index is 2.13. The van der Waals surface area contributed by atoms with Crippen molar-refractivity contribution >= 4 is 22.7 Å². The number of benzene rings is 1. The van der Waals surface area contributed by atoms with Gasteiger partial charge in [0.05, 0.1) is 4.90 Å². The summed E-state index contributed by atoms with van der Waals surface area (Å²) in [4.78, 5) is 13.1. The predicted molar refractivity (Wildman–Crippen MR) is 91.1 cm³/mol. The number of carboxylic acids is 1. The summed E-state index contributed by atoms with van der Waals surface area (Å²) in [6, 6.07) is 5.32. The van der Waals surface area contributed by atoms with Gasteiger partial charge in [0, 0.05) is 29.8 Å². The minimum absolute atomic E-state index is 0.203. The molecule has 0 aliphatic carbocycles. The summed E-state index contributed by atoms with van der Waals surface area (Å²) in [6.45, 7) is 9.09. The molecule has 2 rings (SSSR count). The van der Waals surface area contributed by atoms with Crippen LogP contribution >= 0.6 is 0 Å². The molecule has 23 heavy (non-hydrogen) atoms. The molecule has 5 nitrogen and oxygen atoms in total. The van der Waals surface area contributed by atoms with Gasteiger partial charge in [0.2, 0.25) is 0 Å². The highest BCUT2D eigenvalue weighted by molar-refractivity contribution is 7.79. The molecule has 0 amide bonds. The minimum Gasteiger partial charge on any atom is -0.481 e. The number of hydrogen-bond acceptors (Lipinski definition) is 3. The second-order valence-corrected chi connectivity index (χ2v) is 7.33. The summed E-state index contributed by atoms with van der Waals surface area (Å²) in [5, 5.41) is 8.67. The van der Waals surface area contributed by atoms with Gasteiger partial charge < -0.3 is 14.6 Å². The highest BCUT2D eigenvalue weighted by atomic mass is 32.2. The second kappa shape index (κ2) is 6.84. The summed E-state index contributed by atoms with van der Waals surface area (Å²) >= 11 is -1.99. The van der Waals surface area contributed by atoms with Crippen molar-refractivity contribution in [2.75, 3.05) is 11.4 Å². The van der Waals surface area contributed by atoms with Crippen molar-refractivity contribution in [3.05, 3.63) is 36.0 Å². The Morgan fingerprint density at radius 3 is 2.61 bits per heavy atom. The second-order valence-electron chi connectivity index (χ2n) is 6.36. The fraction of sp³-hybridized carbons (Fsp3) is 0.471. The summed E-state index contributed by atoms with van der Waals surface area (Å²) in [6.07, 6.45) is 2.61. The van der Waals surface area contributed by atoms with Crippen molar-refractivity contribution in [2.45, 2.75) is 49.8 Å². The van der Waals surface area contributed by atoms with E-state index in [4.69, 9.17) is 5.11 Å². The molecule has 0 bridgehead atoms. The molecule has 0 aromatic heterocycles. The topological polar surface area (TPSA) is 77.8 Å². The highest BCUT2D eigenvalue weighted by Gasteiger charge is 2.38. The van der Waals surface area contributed by atoms with Gasteiger partial charge in [-0.3, -0.25) is 4.79 Å². The average molecular weight is 337 g/mol. The van der Waals surface area contributed by atoms with Crippen LogP contribution in [0.25, 0.3) is 0 Å². The largest absolute Gasteiger partial charge is 0.481 e. The molecule has 0 saturated heterocycles. The number of nitrogens with zero attached hydrogens (tertiary/aromatic N) is 1. The van der Waals surface area contributed by atoms with Crippen LogP contribution < -0.4 is 4.90 Å². The van der Waals surface area contributed by atoms with Crippen LogP contribution in [-0.4, -0.2) is 26.4 Å². The lowest BCUT2D eigenvalue weighted by Gasteiger charge is -2.25. The van der Waals surface area contributed by atoms with Crippen molar-refractivity contribution in [1.29, 1.82) is 0 Å². The van der Waals surface area contributed by atoms with Gasteiger partial charge >= 0.3 is 5.97 Å². The normalized spacial score (nSPS) is 17.2. The van der Waals surface area contributed by atoms with Crippen LogP contribution in [0.1, 0.15) is 45.1 Å². The van der Waals surface area contributed by atoms with Gasteiger partial charge in [0.25, 0.3) is 0 Å². The molecule has 1 aliphatic rings. The van der Waals surface area contributed by atoms with E-state index in [0.29, 0.717) is 11.3 Å². The molecule has 126 valence electrons. The first-order chi connectivity index (χ1) is 10.7. The van der Waals surface area contributed by atoms with E-state index in [1.165, 1.54) is 0 Å². The number of hydrogen-bond donors (Lipinski definition) is 2. The molecule has 1 atom stereocenters. The quantitative estimate of drug-likeness (QED) is 0.588. The first-order valence-electron chi connectivity index (χ1n) is 7.69. The van der Waals surface area contributed by atoms with Crippen LogP contribution in [0.2, 0.25) is 0 Å². The molecule has 0 spiro atoms. The Labute approximate surface area is 139 Å². The maximum atomic E-state index is 11.3. The van der Waals surface area contributed by atoms with Crippen LogP contribution in [0.4, 0.5) is 5.69 Å². The molecule has 2 N–H and O–H groups in total. The molecular formula is C17H23NO4S. The molecule has 1 aromatic rings. The first-order valence-corrected chi connectivity index (χ1v) is 8.80. The zero-order valence-electron chi connectivity index (χ0n) is 13.5. The maximum absolute atomic E-state index is 11.3. The van der Waals surface area contributed by atoms with Gasteiger partial charge in [0.1, 0.15) is 0 Å². The zero-order chi connectivity index (χ0) is 17.2. The van der Waals surface area contributed by atoms with E-state index in [-0.39, 0.29) is 11.8 Å². The molecular weight excluding hydrogens is 314 g/mol. The Morgan fingerprint density at radius 2 is 2.00 bits per heavy atom. The van der Waals surface area contributed by atoms with E-state index in [2.05, 4.69) is 25.3 Å². The number of carbonyl (C=O) groups is 1. The van der Waals surface area contributed by atoms with Crippen molar-refractivity contribution in [2.24, 2.45) is 0 Å². The standard InChI is InChI=1S/C17H23NO4S/c1-12-17(2,3)14-11-13(23(21)22)8-9-15(14)18(12)10-6-4-5-7-16(19)20/h8-9,11H,1,4-7,10H2,2-3H3,(H,19,20)(H,21,22). The van der Waals surface area contributed by atoms with Crippen LogP contribution in [0.15, 0.2) is 35.4 Å². The van der Waals surface area contributed by atoms with Gasteiger partial charge in [-0.1, -0.05) is 26.8 Å². The molecule has 0 radical (unpaired) electrons. The van der Waals surface area contributed by atoms with Gasteiger partial charge in [-0.2, -0.15) is 0 Å². The minimum atomic E-state index is -1.99. The van der Waals surface area contributed by atoms with E-state index in [0.717, 1.165) is 36.3 Å². The maximum Gasteiger partial charge on any atom is 0.303 e. The third-order valence-electron chi connectivity index (χ3n) is 4.45. The summed E-state index contributed by atoms with van der Waals surface area (Å²) < 4.78 is 20.6. The number of allylic oxidation sites excluding steroid dienone is 1. The fourth-order valence-corrected chi connectivity index (χ4v) is 3.38. The summed E-state index contributed by atoms with van der Waals surface area (Å²) in [5.74, 6) is -0.758. The van der Waals surface area contributed by atoms with Gasteiger partial charge in [-0.15, -0.1) is 0 Å². The number of rotatable bonds is 7. The van der Waals surface area contributed by atoms with Crippen LogP contribution in [-0.2, 0) is 21.3 Å². The van der Waals surface area contributed by atoms with Crippen molar-refractivity contribution in [1.82, 2.24) is 0 Å². The van der Waals surface area contributed by atoms with Crippen LogP contribution in [0.5, 0.6) is 0 Å². The third-order valence-corrected chi connectivity index (χ3v) is 5.11. The van der Waals surface area contributed by atoms with E-state index >= 15 is 0 Å². The van der Waals surface area contributed by atoms with Gasteiger partial charge in [-0.05, 0) is 36.6 Å². The van der Waals surface area contributed by atoms with Crippen molar-refractivity contribution in [3.8, 4) is 0 Å². The number of unbranched alkanes of at least 4 members (excludes halogenated alkanes) is 2. The predicted octanol–water partition coefficient (Wildman–Crippen LogP) is 3.52. The highest BCUT2D eigenvalue weighted by Crippen LogP contribution is 2.47. The molecule has 0 saturated carbocycles. The van der Waals surface area contributed by atoms with Crippen molar-refractivity contribution < 1.29 is 18.7 Å². The number of fused-ring (bicyclic) bond motifs is 1. The number of carboxylic acid groups (broad SMARTS) is 1. The molecule has 1 aliphatic heterocycles. The zero-order valence-corrected chi connectivity index (χ0v) is 14.4. The molecule has 0 fully saturated rings. The number of aliphatic carboxylic acids is 1. The van der Waals surface area contributed by atoms with E-state index in [1.54, 1.807) is 12.1 Å². The van der Waals surface area contributed by atoms with Gasteiger partial charge in [0.15, 0.2) is 11.1 Å². The van der Waals surface area contributed by atoms with E-state index < -0.39 is 17.0 Å². The first kappa shape index (κ1) is 17.7. The SMILES string of the molecule is C=C1N(CCCCCC(=O)O)c2ccc(S(=O)O)cc2C1(C)C. The fourth-order valence-electron chi connectivity index (χ4n) is 2.98. The third kappa shape index (κ3) is 3.64. The van der Waals surface area contributed by atoms with Gasteiger partial charge in [-0.25, -0.2) is 4.21 Å². The Bertz CT molecular complexity index is 654. The molecule has 1 aromatic carbocycles.